The second-order valence-electron chi connectivity index (χ2n) is 10.7. The Morgan fingerprint density at radius 2 is 1.18 bits per heavy atom. The third-order valence-electron chi connectivity index (χ3n) is 7.03. The largest absolute Gasteiger partial charge is 0.480 e. The first-order valence-corrected chi connectivity index (χ1v) is 16.5. The third kappa shape index (κ3) is 12.4. The first kappa shape index (κ1) is 44.0. The quantitative estimate of drug-likeness (QED) is 0.0426. The molecule has 0 aromatic carbocycles. The lowest BCUT2D eigenvalue weighted by Gasteiger charge is -2.29. The van der Waals surface area contributed by atoms with Gasteiger partial charge in [-0.25, -0.2) is 29.0 Å². The zero-order valence-corrected chi connectivity index (χ0v) is 28.5. The van der Waals surface area contributed by atoms with Gasteiger partial charge in [-0.05, 0) is 12.8 Å². The van der Waals surface area contributed by atoms with E-state index in [0.29, 0.717) is 23.5 Å². The van der Waals surface area contributed by atoms with Gasteiger partial charge in [-0.2, -0.15) is 11.8 Å². The van der Waals surface area contributed by atoms with Gasteiger partial charge in [0.2, 0.25) is 17.4 Å². The Labute approximate surface area is 295 Å². The zero-order valence-electron chi connectivity index (χ0n) is 26.8. The van der Waals surface area contributed by atoms with E-state index in [2.05, 4.69) is 10.6 Å². The molecule has 1 saturated heterocycles. The molecule has 0 bridgehead atoms. The van der Waals surface area contributed by atoms with Crippen LogP contribution in [0.3, 0.4) is 0 Å². The molecule has 6 amide bonds. The second-order valence-corrected chi connectivity index (χ2v) is 12.9. The Hall–Kier alpha value is -5.01. The van der Waals surface area contributed by atoms with E-state index in [9.17, 15) is 68.1 Å². The number of nitrogens with two attached hydrogens (primary N) is 2. The number of carbonyl (C=O) groups is 11. The summed E-state index contributed by atoms with van der Waals surface area (Å²) in [6, 6.07) is -6.35. The number of aliphatic carboxylic acids is 3. The van der Waals surface area contributed by atoms with Gasteiger partial charge in [0.1, 0.15) is 29.4 Å². The number of carboxylic acid groups (broad SMARTS) is 5. The third-order valence-corrected chi connectivity index (χ3v) is 9.69. The number of esters is 1. The molecule has 284 valence electrons. The van der Waals surface area contributed by atoms with Crippen LogP contribution < -0.4 is 22.1 Å². The minimum atomic E-state index is -2.71. The Morgan fingerprint density at radius 3 is 1.55 bits per heavy atom. The van der Waals surface area contributed by atoms with E-state index in [1.165, 1.54) is 0 Å². The van der Waals surface area contributed by atoms with Gasteiger partial charge in [0.05, 0.1) is 0 Å². The van der Waals surface area contributed by atoms with Crippen molar-refractivity contribution in [3.63, 3.8) is 0 Å². The van der Waals surface area contributed by atoms with Crippen LogP contribution in [0.15, 0.2) is 0 Å². The maximum Gasteiger partial charge on any atom is 0.413 e. The Kier molecular flexibility index (Phi) is 16.7. The van der Waals surface area contributed by atoms with Gasteiger partial charge < -0.3 is 52.4 Å². The first-order valence-electron chi connectivity index (χ1n) is 14.3. The standard InChI is InChI=1S/C26H36N6O17S2/c1-31(24(45)46)18(36)12(29-14(33)5-3-10(27)20(38)39)7-50-9-26(23(43)44)17(16(35)22(42)49-26)51-8-13(19(37)32(2)25(47)48)30-15(34)6-4-11(28)21(40)41/h10-13,17H,3-9,27-28H2,1-2H3,(H,29,33)(H,30,34)(H,38,39)(H,40,41)(H,43,44)(H,45,46)(H,47,48). The highest BCUT2D eigenvalue weighted by Gasteiger charge is 2.61. The summed E-state index contributed by atoms with van der Waals surface area (Å²) in [7, 11) is 1.66. The fourth-order valence-electron chi connectivity index (χ4n) is 4.00. The van der Waals surface area contributed by atoms with Crippen LogP contribution in [0.5, 0.6) is 0 Å². The fourth-order valence-corrected chi connectivity index (χ4v) is 6.70. The van der Waals surface area contributed by atoms with Crippen LogP contribution in [0.1, 0.15) is 25.7 Å². The predicted molar refractivity (Wildman–Crippen MR) is 170 cm³/mol. The number of Topliss-reactive ketones (excluding diaryl/α,β-unsaturated/α-hetero) is 1. The number of carbonyl (C=O) groups excluding carboxylic acids is 6. The van der Waals surface area contributed by atoms with Crippen molar-refractivity contribution in [2.45, 2.75) is 60.7 Å². The number of ketones is 1. The number of nitrogens with zero attached hydrogens (tertiary/aromatic N) is 2. The van der Waals surface area contributed by atoms with Gasteiger partial charge >= 0.3 is 36.1 Å². The van der Waals surface area contributed by atoms with Crippen LogP contribution in [0.4, 0.5) is 9.59 Å². The van der Waals surface area contributed by atoms with E-state index in [1.54, 1.807) is 0 Å². The molecule has 1 heterocycles. The number of nitrogens with one attached hydrogen (secondary N) is 2. The first-order chi connectivity index (χ1) is 23.6. The van der Waals surface area contributed by atoms with E-state index >= 15 is 0 Å². The topological polar surface area (TPSA) is 381 Å². The van der Waals surface area contributed by atoms with Crippen molar-refractivity contribution in [1.29, 1.82) is 0 Å². The van der Waals surface area contributed by atoms with Gasteiger partial charge in [0.15, 0.2) is 0 Å². The molecule has 0 aliphatic carbocycles. The highest BCUT2D eigenvalue weighted by molar-refractivity contribution is 8.01. The number of thioether (sulfide) groups is 2. The Bertz CT molecular complexity index is 1450. The number of hydrogen-bond acceptors (Lipinski definition) is 16. The summed E-state index contributed by atoms with van der Waals surface area (Å²) in [4.78, 5) is 134. The van der Waals surface area contributed by atoms with Gasteiger partial charge in [-0.15, -0.1) is 11.8 Å². The number of carboxylic acids is 3. The van der Waals surface area contributed by atoms with E-state index in [1.807, 2.05) is 0 Å². The number of amides is 6. The number of imide groups is 2. The lowest BCUT2D eigenvalue weighted by atomic mass is 10.0. The SMILES string of the molecule is CN(C(=O)O)C(=O)C(CSCC1(C(=O)O)OC(=O)C(=O)C1SCC(NC(=O)CCC(N)C(=O)O)C(=O)N(C)C(=O)O)NC(=O)CCC(N)C(=O)O. The van der Waals surface area contributed by atoms with Crippen molar-refractivity contribution in [3.05, 3.63) is 0 Å². The van der Waals surface area contributed by atoms with Gasteiger partial charge in [0, 0.05) is 44.2 Å². The molecule has 0 saturated carbocycles. The average molecular weight is 769 g/mol. The zero-order chi connectivity index (χ0) is 39.4. The molecule has 6 atom stereocenters. The highest BCUT2D eigenvalue weighted by Crippen LogP contribution is 2.38. The maximum atomic E-state index is 12.9. The number of cyclic esters (lactones) is 1. The lowest BCUT2D eigenvalue weighted by Crippen LogP contribution is -2.53. The molecular weight excluding hydrogens is 732 g/mol. The van der Waals surface area contributed by atoms with Crippen LogP contribution in [0.25, 0.3) is 0 Å². The molecule has 11 N–H and O–H groups in total. The Morgan fingerprint density at radius 1 is 0.765 bits per heavy atom. The van der Waals surface area contributed by atoms with Crippen molar-refractivity contribution in [1.82, 2.24) is 20.4 Å². The number of ether oxygens (including phenoxy) is 1. The summed E-state index contributed by atoms with van der Waals surface area (Å²) in [5.41, 5.74) is 8.02. The van der Waals surface area contributed by atoms with E-state index in [0.717, 1.165) is 14.1 Å². The minimum Gasteiger partial charge on any atom is -0.480 e. The van der Waals surface area contributed by atoms with E-state index in [4.69, 9.17) is 26.4 Å². The molecular formula is C26H36N6O17S2. The van der Waals surface area contributed by atoms with Crippen molar-refractivity contribution >= 4 is 89.0 Å². The molecule has 1 aliphatic rings. The molecule has 0 aromatic rings. The average Bonchev–Trinajstić information content (AvgIpc) is 3.30. The monoisotopic (exact) mass is 768 g/mol. The molecule has 6 unspecified atom stereocenters. The smallest absolute Gasteiger partial charge is 0.413 e. The Balaban J connectivity index is 3.28. The van der Waals surface area contributed by atoms with Crippen molar-refractivity contribution in [3.8, 4) is 0 Å². The molecule has 1 aliphatic heterocycles. The maximum absolute atomic E-state index is 12.9. The summed E-state index contributed by atoms with van der Waals surface area (Å²) < 4.78 is 4.96. The van der Waals surface area contributed by atoms with E-state index in [-0.39, 0.29) is 16.2 Å². The summed E-state index contributed by atoms with van der Waals surface area (Å²) >= 11 is 0.832. The summed E-state index contributed by atoms with van der Waals surface area (Å²) in [6.07, 6.45) is -5.32. The van der Waals surface area contributed by atoms with Gasteiger partial charge in [0.25, 0.3) is 17.6 Å². The summed E-state index contributed by atoms with van der Waals surface area (Å²) in [5.74, 6) is -14.2. The molecule has 23 nitrogen and oxygen atoms in total. The van der Waals surface area contributed by atoms with Gasteiger partial charge in [-0.1, -0.05) is 0 Å². The molecule has 1 rings (SSSR count). The lowest BCUT2D eigenvalue weighted by molar-refractivity contribution is -0.167. The number of hydrogen-bond donors (Lipinski definition) is 9. The molecule has 1 fully saturated rings. The van der Waals surface area contributed by atoms with Crippen LogP contribution in [-0.4, -0.2) is 167 Å². The van der Waals surface area contributed by atoms with Crippen LogP contribution in [0, 0.1) is 0 Å². The summed E-state index contributed by atoms with van der Waals surface area (Å²) in [5, 5.41) is 48.9. The molecule has 0 aromatic heterocycles. The fraction of sp³-hybridized carbons (Fsp3) is 0.577. The normalized spacial score (nSPS) is 19.0. The van der Waals surface area contributed by atoms with Crippen molar-refractivity contribution in [2.75, 3.05) is 31.4 Å². The summed E-state index contributed by atoms with van der Waals surface area (Å²) in [6.45, 7) is 0. The van der Waals surface area contributed by atoms with Crippen LogP contribution in [0.2, 0.25) is 0 Å². The molecule has 51 heavy (non-hydrogen) atoms. The molecule has 0 spiro atoms. The molecule has 0 radical (unpaired) electrons. The van der Waals surface area contributed by atoms with Gasteiger partial charge in [-0.3, -0.25) is 33.6 Å². The minimum absolute atomic E-state index is 0.169. The van der Waals surface area contributed by atoms with Crippen LogP contribution >= 0.6 is 23.5 Å². The number of rotatable bonds is 20. The second kappa shape index (κ2) is 19.4. The van der Waals surface area contributed by atoms with E-state index < -0.39 is 137 Å². The number of likely N-dealkylation sites (N-methyl/N-ethyl adjacent to an activating group) is 2. The van der Waals surface area contributed by atoms with Crippen LogP contribution in [-0.2, 0) is 47.9 Å². The van der Waals surface area contributed by atoms with Crippen molar-refractivity contribution in [2.24, 2.45) is 11.5 Å². The predicted octanol–water partition coefficient (Wildman–Crippen LogP) is -3.60. The molecule has 25 heteroatoms. The highest BCUT2D eigenvalue weighted by atomic mass is 32.2. The van der Waals surface area contributed by atoms with Crippen molar-refractivity contribution < 1.29 is 83.0 Å².